The smallest absolute Gasteiger partial charge is 0.269 e. The number of aromatic nitrogens is 2. The Morgan fingerprint density at radius 2 is 1.87 bits per heavy atom. The van der Waals surface area contributed by atoms with Crippen LogP contribution < -0.4 is 5.56 Å². The summed E-state index contributed by atoms with van der Waals surface area (Å²) in [7, 11) is 0. The maximum atomic E-state index is 12.0. The minimum Gasteiger partial charge on any atom is -0.299 e. The van der Waals surface area contributed by atoms with Gasteiger partial charge in [0.15, 0.2) is 0 Å². The van der Waals surface area contributed by atoms with Gasteiger partial charge < -0.3 is 0 Å². The predicted molar refractivity (Wildman–Crippen MR) is 63.4 cm³/mol. The lowest BCUT2D eigenvalue weighted by molar-refractivity contribution is 0.522. The third-order valence-electron chi connectivity index (χ3n) is 2.60. The average Bonchev–Trinajstić information content (AvgIpc) is 2.44. The number of rotatable bonds is 3. The van der Waals surface area contributed by atoms with Crippen molar-refractivity contribution in [3.8, 4) is 0 Å². The van der Waals surface area contributed by atoms with E-state index in [0.717, 1.165) is 30.6 Å². The maximum absolute atomic E-state index is 12.0. The number of hydrogen-bond donors (Lipinski definition) is 1. The molecular weight excluding hydrogens is 188 g/mol. The SMILES string of the molecule is CCCn1[nH]c(C(C)(C)C)c(CC)c1=O. The molecule has 86 valence electrons. The summed E-state index contributed by atoms with van der Waals surface area (Å²) in [4.78, 5) is 12.0. The first-order valence-electron chi connectivity index (χ1n) is 5.74. The normalized spacial score (nSPS) is 12.1. The lowest BCUT2D eigenvalue weighted by Gasteiger charge is -2.17. The van der Waals surface area contributed by atoms with E-state index in [-0.39, 0.29) is 11.0 Å². The highest BCUT2D eigenvalue weighted by Gasteiger charge is 2.22. The van der Waals surface area contributed by atoms with E-state index in [0.29, 0.717) is 0 Å². The van der Waals surface area contributed by atoms with Crippen LogP contribution in [0, 0.1) is 0 Å². The fourth-order valence-corrected chi connectivity index (χ4v) is 1.85. The lowest BCUT2D eigenvalue weighted by atomic mass is 9.89. The molecule has 0 aliphatic heterocycles. The van der Waals surface area contributed by atoms with Crippen LogP contribution in [0.1, 0.15) is 52.3 Å². The second kappa shape index (κ2) is 4.25. The number of nitrogens with zero attached hydrogens (tertiary/aromatic N) is 1. The predicted octanol–water partition coefficient (Wildman–Crippen LogP) is 2.45. The second-order valence-corrected chi connectivity index (χ2v) is 5.03. The van der Waals surface area contributed by atoms with E-state index in [1.807, 2.05) is 6.92 Å². The summed E-state index contributed by atoms with van der Waals surface area (Å²) < 4.78 is 1.74. The Morgan fingerprint density at radius 1 is 1.27 bits per heavy atom. The van der Waals surface area contributed by atoms with Crippen molar-refractivity contribution in [2.24, 2.45) is 0 Å². The minimum atomic E-state index is 0.0174. The van der Waals surface area contributed by atoms with E-state index in [4.69, 9.17) is 0 Å². The molecule has 0 radical (unpaired) electrons. The molecule has 0 bridgehead atoms. The van der Waals surface area contributed by atoms with Crippen molar-refractivity contribution in [3.63, 3.8) is 0 Å². The molecule has 0 aromatic carbocycles. The second-order valence-electron chi connectivity index (χ2n) is 5.03. The summed E-state index contributed by atoms with van der Waals surface area (Å²) >= 11 is 0. The highest BCUT2D eigenvalue weighted by Crippen LogP contribution is 2.22. The van der Waals surface area contributed by atoms with Gasteiger partial charge in [-0.3, -0.25) is 14.6 Å². The van der Waals surface area contributed by atoms with Gasteiger partial charge in [0.1, 0.15) is 0 Å². The van der Waals surface area contributed by atoms with Crippen molar-refractivity contribution in [1.82, 2.24) is 9.78 Å². The van der Waals surface area contributed by atoms with E-state index in [1.165, 1.54) is 0 Å². The maximum Gasteiger partial charge on any atom is 0.269 e. The van der Waals surface area contributed by atoms with Crippen molar-refractivity contribution in [3.05, 3.63) is 21.6 Å². The van der Waals surface area contributed by atoms with Crippen LogP contribution in [-0.4, -0.2) is 9.78 Å². The molecule has 3 nitrogen and oxygen atoms in total. The van der Waals surface area contributed by atoms with Crippen molar-refractivity contribution < 1.29 is 0 Å². The molecule has 0 saturated carbocycles. The van der Waals surface area contributed by atoms with Gasteiger partial charge in [-0.25, -0.2) is 0 Å². The first-order chi connectivity index (χ1) is 6.91. The Labute approximate surface area is 91.5 Å². The summed E-state index contributed by atoms with van der Waals surface area (Å²) in [5, 5.41) is 3.25. The van der Waals surface area contributed by atoms with E-state index >= 15 is 0 Å². The molecule has 0 spiro atoms. The average molecular weight is 210 g/mol. The topological polar surface area (TPSA) is 37.8 Å². The van der Waals surface area contributed by atoms with Gasteiger partial charge in [0.05, 0.1) is 0 Å². The van der Waals surface area contributed by atoms with Gasteiger partial charge in [-0.2, -0.15) is 0 Å². The van der Waals surface area contributed by atoms with Crippen LogP contribution in [-0.2, 0) is 18.4 Å². The third kappa shape index (κ3) is 2.33. The molecule has 0 saturated heterocycles. The van der Waals surface area contributed by atoms with Gasteiger partial charge in [0.25, 0.3) is 5.56 Å². The Hall–Kier alpha value is -0.990. The highest BCUT2D eigenvalue weighted by molar-refractivity contribution is 5.24. The Kier molecular flexibility index (Phi) is 3.42. The summed E-state index contributed by atoms with van der Waals surface area (Å²) in [5.41, 5.74) is 2.20. The first-order valence-corrected chi connectivity index (χ1v) is 5.74. The van der Waals surface area contributed by atoms with E-state index in [1.54, 1.807) is 4.68 Å². The number of aryl methyl sites for hydroxylation is 1. The van der Waals surface area contributed by atoms with Crippen LogP contribution in [0.3, 0.4) is 0 Å². The monoisotopic (exact) mass is 210 g/mol. The standard InChI is InChI=1S/C12H22N2O/c1-6-8-14-11(15)9(7-2)10(13-14)12(3,4)5/h13H,6-8H2,1-5H3. The zero-order valence-corrected chi connectivity index (χ0v) is 10.5. The van der Waals surface area contributed by atoms with Crippen molar-refractivity contribution in [1.29, 1.82) is 0 Å². The number of nitrogens with one attached hydrogen (secondary N) is 1. The Bertz CT molecular complexity index is 379. The van der Waals surface area contributed by atoms with Crippen LogP contribution in [0.2, 0.25) is 0 Å². The summed E-state index contributed by atoms with van der Waals surface area (Å²) in [5.74, 6) is 0. The zero-order chi connectivity index (χ0) is 11.6. The van der Waals surface area contributed by atoms with Gasteiger partial charge >= 0.3 is 0 Å². The molecule has 1 aromatic heterocycles. The fraction of sp³-hybridized carbons (Fsp3) is 0.750. The Balaban J connectivity index is 3.28. The molecule has 1 rings (SSSR count). The van der Waals surface area contributed by atoms with Crippen molar-refractivity contribution >= 4 is 0 Å². The van der Waals surface area contributed by atoms with Crippen molar-refractivity contribution in [2.75, 3.05) is 0 Å². The van der Waals surface area contributed by atoms with Gasteiger partial charge in [-0.1, -0.05) is 34.6 Å². The molecule has 3 heteroatoms. The van der Waals surface area contributed by atoms with Gasteiger partial charge in [0.2, 0.25) is 0 Å². The molecule has 0 unspecified atom stereocenters. The third-order valence-corrected chi connectivity index (χ3v) is 2.60. The molecule has 0 atom stereocenters. The number of hydrogen-bond acceptors (Lipinski definition) is 1. The van der Waals surface area contributed by atoms with Gasteiger partial charge in [0, 0.05) is 23.2 Å². The van der Waals surface area contributed by atoms with Crippen LogP contribution in [0.25, 0.3) is 0 Å². The summed E-state index contributed by atoms with van der Waals surface area (Å²) in [6.07, 6.45) is 1.78. The number of H-pyrrole nitrogens is 1. The minimum absolute atomic E-state index is 0.0174. The van der Waals surface area contributed by atoms with Gasteiger partial charge in [-0.15, -0.1) is 0 Å². The highest BCUT2D eigenvalue weighted by atomic mass is 16.1. The summed E-state index contributed by atoms with van der Waals surface area (Å²) in [6, 6.07) is 0. The van der Waals surface area contributed by atoms with E-state index < -0.39 is 0 Å². The molecule has 0 fully saturated rings. The molecule has 1 aromatic rings. The quantitative estimate of drug-likeness (QED) is 0.817. The van der Waals surface area contributed by atoms with Gasteiger partial charge in [-0.05, 0) is 12.8 Å². The van der Waals surface area contributed by atoms with Crippen molar-refractivity contribution in [2.45, 2.75) is 59.4 Å². The molecule has 0 aliphatic rings. The fourth-order valence-electron chi connectivity index (χ4n) is 1.85. The number of aromatic amines is 1. The van der Waals surface area contributed by atoms with Crippen LogP contribution in [0.15, 0.2) is 4.79 Å². The van der Waals surface area contributed by atoms with Crippen LogP contribution in [0.4, 0.5) is 0 Å². The zero-order valence-electron chi connectivity index (χ0n) is 10.5. The van der Waals surface area contributed by atoms with E-state index in [2.05, 4.69) is 32.8 Å². The molecule has 1 heterocycles. The molecule has 0 amide bonds. The van der Waals surface area contributed by atoms with Crippen LogP contribution >= 0.6 is 0 Å². The molecule has 0 aliphatic carbocycles. The Morgan fingerprint density at radius 3 is 2.20 bits per heavy atom. The van der Waals surface area contributed by atoms with Crippen LogP contribution in [0.5, 0.6) is 0 Å². The molecular formula is C12H22N2O. The largest absolute Gasteiger partial charge is 0.299 e. The molecule has 1 N–H and O–H groups in total. The molecule has 15 heavy (non-hydrogen) atoms. The first kappa shape index (κ1) is 12.1. The lowest BCUT2D eigenvalue weighted by Crippen LogP contribution is -2.18. The summed E-state index contributed by atoms with van der Waals surface area (Å²) in [6.45, 7) is 11.3. The van der Waals surface area contributed by atoms with E-state index in [9.17, 15) is 4.79 Å².